The van der Waals surface area contributed by atoms with E-state index in [1.54, 1.807) is 0 Å². The fourth-order valence-electron chi connectivity index (χ4n) is 16.3. The maximum absolute atomic E-state index is 4.59. The molecule has 9 fully saturated rings. The standard InChI is InChI=1S/C48H88N8/c1-45(2,3)31-23-17-22-29-33(31)43-54-41(29)52-39-27-20-15-13-18-25(27)37(50-39)49-38-26-19-14-16-21-28(26)40(51-38)53-42-30-24-32(46(4,5)6)35(47(7,8)9)36(48(10,11)12)34(30)44(55-42)56-43/h25-44,49-56H,13-24H2,1-12H3. The Kier molecular flexibility index (Phi) is 10.7. The van der Waals surface area contributed by atoms with E-state index in [1.807, 2.05) is 0 Å². The van der Waals surface area contributed by atoms with Crippen molar-refractivity contribution in [2.45, 2.75) is 209 Å². The molecule has 0 radical (unpaired) electrons. The molecule has 56 heavy (non-hydrogen) atoms. The molecular formula is C48H88N8. The third-order valence-electron chi connectivity index (χ3n) is 18.5. The second-order valence-corrected chi connectivity index (χ2v) is 25.8. The molecule has 0 spiro atoms. The lowest BCUT2D eigenvalue weighted by Gasteiger charge is -2.59. The normalized spacial score (nSPS) is 51.2. The van der Waals surface area contributed by atoms with Crippen molar-refractivity contribution < 1.29 is 0 Å². The van der Waals surface area contributed by atoms with Gasteiger partial charge in [-0.05, 0) is 138 Å². The van der Waals surface area contributed by atoms with Crippen molar-refractivity contribution >= 4 is 0 Å². The zero-order valence-corrected chi connectivity index (χ0v) is 38.0. The highest BCUT2D eigenvalue weighted by Crippen LogP contribution is 2.62. The van der Waals surface area contributed by atoms with Crippen molar-refractivity contribution in [3.8, 4) is 0 Å². The zero-order valence-electron chi connectivity index (χ0n) is 38.0. The molecule has 320 valence electrons. The van der Waals surface area contributed by atoms with Crippen LogP contribution in [0.1, 0.15) is 160 Å². The molecule has 8 N–H and O–H groups in total. The fraction of sp³-hybridized carbons (Fsp3) is 1.00. The molecule has 5 heterocycles. The Labute approximate surface area is 343 Å². The van der Waals surface area contributed by atoms with E-state index in [1.165, 1.54) is 77.0 Å². The van der Waals surface area contributed by atoms with Crippen LogP contribution in [0.4, 0.5) is 0 Å². The highest BCUT2D eigenvalue weighted by Gasteiger charge is 2.63. The Hall–Kier alpha value is -0.320. The van der Waals surface area contributed by atoms with Crippen LogP contribution in [0.3, 0.4) is 0 Å². The SMILES string of the molecule is CC(C)(C)C1CCCC2C3NC4NC(NC5NC(NC6NC(NC(N3)C21)C1C6CC(C(C)(C)C)C(C(C)(C)C)C1C(C)(C)C)C1CCCCC51)C1CCCCC41. The molecule has 20 atom stereocenters. The van der Waals surface area contributed by atoms with Gasteiger partial charge in [-0.3, -0.25) is 42.5 Å². The molecule has 0 aromatic carbocycles. The van der Waals surface area contributed by atoms with Crippen LogP contribution >= 0.6 is 0 Å². The van der Waals surface area contributed by atoms with Gasteiger partial charge in [0.1, 0.15) is 0 Å². The first-order valence-corrected chi connectivity index (χ1v) is 24.4. The van der Waals surface area contributed by atoms with Gasteiger partial charge in [-0.15, -0.1) is 0 Å². The van der Waals surface area contributed by atoms with Gasteiger partial charge in [-0.25, -0.2) is 0 Å². The van der Waals surface area contributed by atoms with Crippen molar-refractivity contribution in [2.75, 3.05) is 0 Å². The molecule has 8 nitrogen and oxygen atoms in total. The molecule has 4 aliphatic carbocycles. The largest absolute Gasteiger partial charge is 0.286 e. The molecule has 4 saturated carbocycles. The third kappa shape index (κ3) is 7.22. The average molecular weight is 777 g/mol. The molecule has 9 rings (SSSR count). The van der Waals surface area contributed by atoms with Gasteiger partial charge in [0.2, 0.25) is 0 Å². The van der Waals surface area contributed by atoms with E-state index in [4.69, 9.17) is 0 Å². The summed E-state index contributed by atoms with van der Waals surface area (Å²) in [5, 5.41) is 35.4. The summed E-state index contributed by atoms with van der Waals surface area (Å²) in [5.74, 6) is 7.73. The highest BCUT2D eigenvalue weighted by molar-refractivity contribution is 5.14. The summed E-state index contributed by atoms with van der Waals surface area (Å²) in [4.78, 5) is 0. The van der Waals surface area contributed by atoms with Gasteiger partial charge in [-0.1, -0.05) is 115 Å². The monoisotopic (exact) mass is 777 g/mol. The molecule has 8 bridgehead atoms. The molecule has 9 aliphatic rings. The minimum Gasteiger partial charge on any atom is -0.286 e. The second kappa shape index (κ2) is 14.7. The lowest BCUT2D eigenvalue weighted by atomic mass is 9.46. The molecule has 5 aliphatic heterocycles. The maximum Gasteiger partial charge on any atom is 0.0631 e. The van der Waals surface area contributed by atoms with Crippen molar-refractivity contribution in [2.24, 2.45) is 92.7 Å². The predicted molar refractivity (Wildman–Crippen MR) is 230 cm³/mol. The lowest BCUT2D eigenvalue weighted by Crippen LogP contribution is -2.62. The first kappa shape index (κ1) is 41.1. The van der Waals surface area contributed by atoms with E-state index in [0.29, 0.717) is 102 Å². The van der Waals surface area contributed by atoms with Gasteiger partial charge in [0.05, 0.1) is 49.3 Å². The molecule has 0 aromatic rings. The first-order chi connectivity index (χ1) is 26.3. The van der Waals surface area contributed by atoms with Crippen LogP contribution in [0.2, 0.25) is 0 Å². The van der Waals surface area contributed by atoms with Gasteiger partial charge in [-0.2, -0.15) is 0 Å². The average Bonchev–Trinajstić information content (AvgIpc) is 3.84. The van der Waals surface area contributed by atoms with Gasteiger partial charge in [0.25, 0.3) is 0 Å². The van der Waals surface area contributed by atoms with Crippen LogP contribution < -0.4 is 42.5 Å². The molecule has 8 heteroatoms. The minimum atomic E-state index is 0.186. The van der Waals surface area contributed by atoms with Crippen molar-refractivity contribution in [3.05, 3.63) is 0 Å². The summed E-state index contributed by atoms with van der Waals surface area (Å²) in [6.45, 7) is 30.8. The number of hydrogen-bond donors (Lipinski definition) is 8. The van der Waals surface area contributed by atoms with E-state index in [0.717, 1.165) is 0 Å². The fourth-order valence-corrected chi connectivity index (χ4v) is 16.3. The topological polar surface area (TPSA) is 96.2 Å². The van der Waals surface area contributed by atoms with E-state index >= 15 is 0 Å². The molecule has 0 aromatic heterocycles. The maximum atomic E-state index is 4.59. The summed E-state index contributed by atoms with van der Waals surface area (Å²) in [7, 11) is 0. The van der Waals surface area contributed by atoms with Crippen molar-refractivity contribution in [1.82, 2.24) is 42.5 Å². The van der Waals surface area contributed by atoms with Gasteiger partial charge in [0, 0.05) is 0 Å². The number of rotatable bonds is 0. The Morgan fingerprint density at radius 3 is 1.04 bits per heavy atom. The molecule has 5 saturated heterocycles. The quantitative estimate of drug-likeness (QED) is 0.127. The van der Waals surface area contributed by atoms with E-state index in [-0.39, 0.29) is 40.2 Å². The van der Waals surface area contributed by atoms with Crippen LogP contribution in [-0.4, -0.2) is 49.3 Å². The number of fused-ring (bicyclic) bond motifs is 20. The van der Waals surface area contributed by atoms with Crippen LogP contribution in [0.5, 0.6) is 0 Å². The Morgan fingerprint density at radius 1 is 0.286 bits per heavy atom. The summed E-state index contributed by atoms with van der Waals surface area (Å²) in [6, 6.07) is 0. The Bertz CT molecular complexity index is 1390. The number of nitrogens with one attached hydrogen (secondary N) is 8. The van der Waals surface area contributed by atoms with E-state index in [2.05, 4.69) is 126 Å². The van der Waals surface area contributed by atoms with E-state index < -0.39 is 0 Å². The minimum absolute atomic E-state index is 0.186. The highest BCUT2D eigenvalue weighted by atomic mass is 15.4. The van der Waals surface area contributed by atoms with Crippen LogP contribution in [0.25, 0.3) is 0 Å². The molecule has 20 unspecified atom stereocenters. The summed E-state index contributed by atoms with van der Waals surface area (Å²) < 4.78 is 0. The smallest absolute Gasteiger partial charge is 0.0631 e. The Morgan fingerprint density at radius 2 is 0.625 bits per heavy atom. The van der Waals surface area contributed by atoms with Crippen molar-refractivity contribution in [1.29, 1.82) is 0 Å². The summed E-state index contributed by atoms with van der Waals surface area (Å²) in [6.07, 6.45) is 18.8. The predicted octanol–water partition coefficient (Wildman–Crippen LogP) is 7.69. The second-order valence-electron chi connectivity index (χ2n) is 25.8. The van der Waals surface area contributed by atoms with Crippen LogP contribution in [0, 0.1) is 92.7 Å². The van der Waals surface area contributed by atoms with Gasteiger partial charge >= 0.3 is 0 Å². The van der Waals surface area contributed by atoms with Gasteiger partial charge in [0.15, 0.2) is 0 Å². The van der Waals surface area contributed by atoms with Crippen LogP contribution in [-0.2, 0) is 0 Å². The molecule has 0 amide bonds. The van der Waals surface area contributed by atoms with Crippen LogP contribution in [0.15, 0.2) is 0 Å². The van der Waals surface area contributed by atoms with E-state index in [9.17, 15) is 0 Å². The Balaban J connectivity index is 1.14. The first-order valence-electron chi connectivity index (χ1n) is 24.4. The third-order valence-corrected chi connectivity index (χ3v) is 18.5. The van der Waals surface area contributed by atoms with Gasteiger partial charge < -0.3 is 0 Å². The summed E-state index contributed by atoms with van der Waals surface area (Å²) >= 11 is 0. The lowest BCUT2D eigenvalue weighted by molar-refractivity contribution is -0.109. The number of hydrogen-bond acceptors (Lipinski definition) is 8. The van der Waals surface area contributed by atoms with Crippen molar-refractivity contribution in [3.63, 3.8) is 0 Å². The zero-order chi connectivity index (χ0) is 39.7. The molecular weight excluding hydrogens is 689 g/mol. The summed E-state index contributed by atoms with van der Waals surface area (Å²) in [5.41, 5.74) is 0.937.